The van der Waals surface area contributed by atoms with Crippen LogP contribution >= 0.6 is 0 Å². The second-order valence-electron chi connectivity index (χ2n) is 5.20. The molecule has 21 heavy (non-hydrogen) atoms. The van der Waals surface area contributed by atoms with Gasteiger partial charge in [0.25, 0.3) is 0 Å². The number of ether oxygens (including phenoxy) is 1. The van der Waals surface area contributed by atoms with Crippen LogP contribution in [0.4, 0.5) is 0 Å². The standard InChI is InChI=1S/C14H25N3O3S/c1-10-13(6-7-15-8-9-20-4)11(2)17-14(16-10)12(3)21(5,18)19/h12,15H,6-9H2,1-5H3. The van der Waals surface area contributed by atoms with Crippen molar-refractivity contribution in [2.45, 2.75) is 32.4 Å². The summed E-state index contributed by atoms with van der Waals surface area (Å²) in [5.74, 6) is 0.378. The van der Waals surface area contributed by atoms with E-state index in [0.717, 1.165) is 36.5 Å². The molecular weight excluding hydrogens is 290 g/mol. The molecule has 0 radical (unpaired) electrons. The highest BCUT2D eigenvalue weighted by atomic mass is 32.2. The molecule has 1 aromatic rings. The van der Waals surface area contributed by atoms with Gasteiger partial charge >= 0.3 is 0 Å². The first-order valence-electron chi connectivity index (χ1n) is 7.00. The molecule has 0 spiro atoms. The fraction of sp³-hybridized carbons (Fsp3) is 0.714. The molecule has 0 saturated heterocycles. The minimum absolute atomic E-state index is 0.378. The number of aromatic nitrogens is 2. The van der Waals surface area contributed by atoms with Gasteiger partial charge in [-0.25, -0.2) is 18.4 Å². The highest BCUT2D eigenvalue weighted by Gasteiger charge is 2.21. The van der Waals surface area contributed by atoms with Gasteiger partial charge in [0.05, 0.1) is 6.61 Å². The zero-order valence-corrected chi connectivity index (χ0v) is 14.2. The lowest BCUT2D eigenvalue weighted by Gasteiger charge is -2.14. The van der Waals surface area contributed by atoms with Crippen molar-refractivity contribution in [1.82, 2.24) is 15.3 Å². The molecule has 7 heteroatoms. The molecule has 120 valence electrons. The first-order chi connectivity index (χ1) is 9.77. The Balaban J connectivity index is 2.81. The summed E-state index contributed by atoms with van der Waals surface area (Å²) >= 11 is 0. The molecule has 0 fully saturated rings. The number of nitrogens with one attached hydrogen (secondary N) is 1. The molecule has 1 atom stereocenters. The quantitative estimate of drug-likeness (QED) is 0.720. The SMILES string of the molecule is COCCNCCc1c(C)nc(C(C)S(C)(=O)=O)nc1C. The number of aryl methyl sites for hydroxylation is 2. The number of hydrogen-bond donors (Lipinski definition) is 1. The van der Waals surface area contributed by atoms with Crippen LogP contribution in [0.5, 0.6) is 0 Å². The molecule has 1 N–H and O–H groups in total. The van der Waals surface area contributed by atoms with Crippen molar-refractivity contribution in [3.8, 4) is 0 Å². The molecule has 1 rings (SSSR count). The third-order valence-corrected chi connectivity index (χ3v) is 4.97. The van der Waals surface area contributed by atoms with Crippen LogP contribution in [0.15, 0.2) is 0 Å². The molecule has 0 bridgehead atoms. The molecule has 0 saturated carbocycles. The van der Waals surface area contributed by atoms with Gasteiger partial charge in [-0.2, -0.15) is 0 Å². The molecule has 6 nitrogen and oxygen atoms in total. The summed E-state index contributed by atoms with van der Waals surface area (Å²) in [7, 11) is -1.51. The van der Waals surface area contributed by atoms with Crippen molar-refractivity contribution in [2.24, 2.45) is 0 Å². The number of hydrogen-bond acceptors (Lipinski definition) is 6. The van der Waals surface area contributed by atoms with Crippen LogP contribution in [0.2, 0.25) is 0 Å². The third kappa shape index (κ3) is 5.33. The van der Waals surface area contributed by atoms with Gasteiger partial charge in [0.1, 0.15) is 11.1 Å². The molecule has 0 aliphatic carbocycles. The van der Waals surface area contributed by atoms with Gasteiger partial charge in [-0.1, -0.05) is 0 Å². The predicted molar refractivity (Wildman–Crippen MR) is 83.2 cm³/mol. The van der Waals surface area contributed by atoms with Crippen molar-refractivity contribution in [3.05, 3.63) is 22.8 Å². The van der Waals surface area contributed by atoms with E-state index < -0.39 is 15.1 Å². The topological polar surface area (TPSA) is 81.2 Å². The minimum Gasteiger partial charge on any atom is -0.383 e. The number of methoxy groups -OCH3 is 1. The average Bonchev–Trinajstić information content (AvgIpc) is 2.39. The summed E-state index contributed by atoms with van der Waals surface area (Å²) < 4.78 is 28.2. The normalized spacial score (nSPS) is 13.4. The van der Waals surface area contributed by atoms with E-state index in [4.69, 9.17) is 4.74 Å². The molecule has 1 heterocycles. The van der Waals surface area contributed by atoms with Crippen LogP contribution in [0.25, 0.3) is 0 Å². The van der Waals surface area contributed by atoms with Crippen LogP contribution in [0.3, 0.4) is 0 Å². The minimum atomic E-state index is -3.18. The largest absolute Gasteiger partial charge is 0.383 e. The van der Waals surface area contributed by atoms with Crippen LogP contribution in [-0.4, -0.2) is 51.4 Å². The van der Waals surface area contributed by atoms with Crippen LogP contribution in [0, 0.1) is 13.8 Å². The van der Waals surface area contributed by atoms with Crippen molar-refractivity contribution in [2.75, 3.05) is 33.1 Å². The Morgan fingerprint density at radius 1 is 1.19 bits per heavy atom. The zero-order valence-electron chi connectivity index (χ0n) is 13.4. The lowest BCUT2D eigenvalue weighted by atomic mass is 10.1. The fourth-order valence-electron chi connectivity index (χ4n) is 2.01. The van der Waals surface area contributed by atoms with Crippen LogP contribution < -0.4 is 5.32 Å². The van der Waals surface area contributed by atoms with Gasteiger partial charge in [0, 0.05) is 31.3 Å². The van der Waals surface area contributed by atoms with Crippen molar-refractivity contribution < 1.29 is 13.2 Å². The Labute approximate surface area is 127 Å². The maximum atomic E-state index is 11.6. The van der Waals surface area contributed by atoms with Gasteiger partial charge in [-0.3, -0.25) is 0 Å². The summed E-state index contributed by atoms with van der Waals surface area (Å²) in [5, 5.41) is 2.60. The zero-order chi connectivity index (χ0) is 16.0. The Morgan fingerprint density at radius 2 is 1.76 bits per heavy atom. The summed E-state index contributed by atoms with van der Waals surface area (Å²) in [5.41, 5.74) is 2.77. The van der Waals surface area contributed by atoms with E-state index in [-0.39, 0.29) is 0 Å². The van der Waals surface area contributed by atoms with E-state index in [1.165, 1.54) is 6.26 Å². The van der Waals surface area contributed by atoms with E-state index in [9.17, 15) is 8.42 Å². The summed E-state index contributed by atoms with van der Waals surface area (Å²) in [6.45, 7) is 7.72. The first kappa shape index (κ1) is 18.0. The van der Waals surface area contributed by atoms with Crippen LogP contribution in [0.1, 0.15) is 34.9 Å². The lowest BCUT2D eigenvalue weighted by molar-refractivity contribution is 0.199. The molecule has 0 aromatic carbocycles. The van der Waals surface area contributed by atoms with E-state index in [1.54, 1.807) is 14.0 Å². The molecule has 0 aliphatic rings. The summed E-state index contributed by atoms with van der Waals surface area (Å²) in [4.78, 5) is 8.75. The van der Waals surface area contributed by atoms with E-state index >= 15 is 0 Å². The number of nitrogens with zero attached hydrogens (tertiary/aromatic N) is 2. The lowest BCUT2D eigenvalue weighted by Crippen LogP contribution is -2.23. The third-order valence-electron chi connectivity index (χ3n) is 3.48. The number of rotatable bonds is 8. The highest BCUT2D eigenvalue weighted by Crippen LogP contribution is 2.20. The Morgan fingerprint density at radius 3 is 2.24 bits per heavy atom. The highest BCUT2D eigenvalue weighted by molar-refractivity contribution is 7.90. The average molecular weight is 315 g/mol. The second kappa shape index (κ2) is 7.82. The van der Waals surface area contributed by atoms with E-state index in [1.807, 2.05) is 13.8 Å². The predicted octanol–water partition coefficient (Wildman–Crippen LogP) is 0.978. The second-order valence-corrected chi connectivity index (χ2v) is 7.56. The fourth-order valence-corrected chi connectivity index (χ4v) is 2.50. The van der Waals surface area contributed by atoms with E-state index in [2.05, 4.69) is 15.3 Å². The summed E-state index contributed by atoms with van der Waals surface area (Å²) in [6, 6.07) is 0. The van der Waals surface area contributed by atoms with E-state index in [0.29, 0.717) is 12.4 Å². The molecule has 0 aliphatic heterocycles. The van der Waals surface area contributed by atoms with Gasteiger partial charge in [0.2, 0.25) is 0 Å². The van der Waals surface area contributed by atoms with Gasteiger partial charge in [0.15, 0.2) is 9.84 Å². The Hall–Kier alpha value is -1.05. The molecule has 1 aromatic heterocycles. The maximum absolute atomic E-state index is 11.6. The Bertz CT molecular complexity index is 550. The van der Waals surface area contributed by atoms with Crippen molar-refractivity contribution >= 4 is 9.84 Å². The molecule has 0 amide bonds. The molecule has 1 unspecified atom stereocenters. The van der Waals surface area contributed by atoms with Crippen LogP contribution in [-0.2, 0) is 21.0 Å². The summed E-state index contributed by atoms with van der Waals surface area (Å²) in [6.07, 6.45) is 2.02. The first-order valence-corrected chi connectivity index (χ1v) is 8.95. The maximum Gasteiger partial charge on any atom is 0.157 e. The van der Waals surface area contributed by atoms with Crippen molar-refractivity contribution in [3.63, 3.8) is 0 Å². The smallest absolute Gasteiger partial charge is 0.157 e. The van der Waals surface area contributed by atoms with Gasteiger partial charge < -0.3 is 10.1 Å². The van der Waals surface area contributed by atoms with Gasteiger partial charge in [-0.15, -0.1) is 0 Å². The monoisotopic (exact) mass is 315 g/mol. The molecular formula is C14H25N3O3S. The van der Waals surface area contributed by atoms with Gasteiger partial charge in [-0.05, 0) is 39.3 Å². The number of sulfone groups is 1. The Kier molecular flexibility index (Phi) is 6.70. The van der Waals surface area contributed by atoms with Crippen molar-refractivity contribution in [1.29, 1.82) is 0 Å².